The number of rotatable bonds is 2. The summed E-state index contributed by atoms with van der Waals surface area (Å²) in [4.78, 5) is 4.08. The van der Waals surface area contributed by atoms with Crippen molar-refractivity contribution < 1.29 is 17.7 Å². The standard InChI is InChI=1S/C11H14F3N3OS2/c12-11(13,14)10(1-2-15-6-10)9-16-8(17-18-9)7-5-19-3-4-20-7/h7,15H,1-6H2. The molecule has 1 aromatic rings. The normalized spacial score (nSPS) is 31.6. The van der Waals surface area contributed by atoms with Crippen molar-refractivity contribution in [1.82, 2.24) is 15.5 Å². The molecule has 2 fully saturated rings. The molecule has 0 aromatic carbocycles. The van der Waals surface area contributed by atoms with Crippen molar-refractivity contribution in [2.75, 3.05) is 30.3 Å². The monoisotopic (exact) mass is 325 g/mol. The zero-order valence-electron chi connectivity index (χ0n) is 10.6. The second-order valence-corrected chi connectivity index (χ2v) is 7.36. The highest BCUT2D eigenvalue weighted by molar-refractivity contribution is 8.06. The first-order chi connectivity index (χ1) is 9.53. The summed E-state index contributed by atoms with van der Waals surface area (Å²) in [5.41, 5.74) is -2.02. The fourth-order valence-corrected chi connectivity index (χ4v) is 5.02. The van der Waals surface area contributed by atoms with Crippen molar-refractivity contribution in [3.8, 4) is 0 Å². The van der Waals surface area contributed by atoms with Crippen molar-refractivity contribution >= 4 is 23.5 Å². The number of thioether (sulfide) groups is 2. The Morgan fingerprint density at radius 3 is 2.80 bits per heavy atom. The van der Waals surface area contributed by atoms with Crippen LogP contribution in [0.15, 0.2) is 4.52 Å². The molecule has 0 spiro atoms. The lowest BCUT2D eigenvalue weighted by Crippen LogP contribution is -2.44. The summed E-state index contributed by atoms with van der Waals surface area (Å²) >= 11 is 3.44. The lowest BCUT2D eigenvalue weighted by Gasteiger charge is -2.26. The van der Waals surface area contributed by atoms with Gasteiger partial charge in [-0.3, -0.25) is 0 Å². The van der Waals surface area contributed by atoms with Crippen molar-refractivity contribution in [3.05, 3.63) is 11.7 Å². The van der Waals surface area contributed by atoms with Crippen molar-refractivity contribution in [2.24, 2.45) is 0 Å². The van der Waals surface area contributed by atoms with Gasteiger partial charge in [-0.2, -0.15) is 29.9 Å². The number of hydrogen-bond acceptors (Lipinski definition) is 6. The molecule has 2 aliphatic rings. The van der Waals surface area contributed by atoms with Crippen molar-refractivity contribution in [2.45, 2.75) is 23.3 Å². The Morgan fingerprint density at radius 1 is 1.35 bits per heavy atom. The van der Waals surface area contributed by atoms with Crippen molar-refractivity contribution in [3.63, 3.8) is 0 Å². The number of halogens is 3. The van der Waals surface area contributed by atoms with Gasteiger partial charge < -0.3 is 9.84 Å². The molecule has 0 aliphatic carbocycles. The number of nitrogens with one attached hydrogen (secondary N) is 1. The van der Waals surface area contributed by atoms with Gasteiger partial charge in [0.15, 0.2) is 11.2 Å². The van der Waals surface area contributed by atoms with E-state index in [0.717, 1.165) is 17.3 Å². The molecule has 0 saturated carbocycles. The molecule has 4 nitrogen and oxygen atoms in total. The van der Waals surface area contributed by atoms with Gasteiger partial charge in [0.25, 0.3) is 0 Å². The van der Waals surface area contributed by atoms with Crippen LogP contribution in [0.5, 0.6) is 0 Å². The summed E-state index contributed by atoms with van der Waals surface area (Å²) in [6, 6.07) is 0. The Balaban J connectivity index is 1.87. The number of nitrogens with zero attached hydrogens (tertiary/aromatic N) is 2. The molecule has 9 heteroatoms. The van der Waals surface area contributed by atoms with Crippen LogP contribution in [-0.2, 0) is 5.41 Å². The van der Waals surface area contributed by atoms with E-state index in [2.05, 4.69) is 15.5 Å². The molecular weight excluding hydrogens is 311 g/mol. The van der Waals surface area contributed by atoms with Crippen LogP contribution < -0.4 is 5.32 Å². The van der Waals surface area contributed by atoms with Crippen LogP contribution in [0.4, 0.5) is 13.2 Å². The van der Waals surface area contributed by atoms with Crippen LogP contribution >= 0.6 is 23.5 Å². The van der Waals surface area contributed by atoms with Gasteiger partial charge in [0.05, 0.1) is 5.25 Å². The molecule has 20 heavy (non-hydrogen) atoms. The molecule has 3 rings (SSSR count). The first-order valence-corrected chi connectivity index (χ1v) is 8.54. The zero-order chi connectivity index (χ0) is 14.2. The second kappa shape index (κ2) is 5.42. The van der Waals surface area contributed by atoms with Gasteiger partial charge in [0.1, 0.15) is 0 Å². The average Bonchev–Trinajstić information content (AvgIpc) is 3.09. The summed E-state index contributed by atoms with van der Waals surface area (Å²) in [5, 5.41) is 6.58. The maximum Gasteiger partial charge on any atom is 0.404 e. The summed E-state index contributed by atoms with van der Waals surface area (Å²) in [5.74, 6) is 2.95. The van der Waals surface area contributed by atoms with E-state index in [-0.39, 0.29) is 24.1 Å². The van der Waals surface area contributed by atoms with Crippen LogP contribution in [-0.4, -0.2) is 46.7 Å². The van der Waals surface area contributed by atoms with Crippen LogP contribution in [0.3, 0.4) is 0 Å². The van der Waals surface area contributed by atoms with E-state index in [9.17, 15) is 13.2 Å². The van der Waals surface area contributed by atoms with Gasteiger partial charge in [-0.1, -0.05) is 5.16 Å². The highest BCUT2D eigenvalue weighted by Crippen LogP contribution is 2.45. The van der Waals surface area contributed by atoms with Gasteiger partial charge in [-0.15, -0.1) is 11.8 Å². The molecule has 112 valence electrons. The first kappa shape index (κ1) is 14.5. The highest BCUT2D eigenvalue weighted by atomic mass is 32.2. The summed E-state index contributed by atoms with van der Waals surface area (Å²) in [6.07, 6.45) is -4.43. The molecule has 0 radical (unpaired) electrons. The SMILES string of the molecule is FC(F)(F)C1(c2nc(C3CSCCS3)no2)CCNC1. The molecule has 2 aliphatic heterocycles. The van der Waals surface area contributed by atoms with Gasteiger partial charge in [-0.25, -0.2) is 0 Å². The third kappa shape index (κ3) is 2.43. The van der Waals surface area contributed by atoms with Gasteiger partial charge >= 0.3 is 6.18 Å². The molecule has 1 N–H and O–H groups in total. The highest BCUT2D eigenvalue weighted by Gasteiger charge is 2.61. The minimum Gasteiger partial charge on any atom is -0.338 e. The molecule has 2 unspecified atom stereocenters. The summed E-state index contributed by atoms with van der Waals surface area (Å²) < 4.78 is 45.1. The smallest absolute Gasteiger partial charge is 0.338 e. The Morgan fingerprint density at radius 2 is 2.20 bits per heavy atom. The van der Waals surface area contributed by atoms with E-state index in [0.29, 0.717) is 12.4 Å². The van der Waals surface area contributed by atoms with E-state index >= 15 is 0 Å². The fraction of sp³-hybridized carbons (Fsp3) is 0.818. The van der Waals surface area contributed by atoms with E-state index < -0.39 is 11.6 Å². The van der Waals surface area contributed by atoms with Crippen LogP contribution in [0.1, 0.15) is 23.4 Å². The van der Waals surface area contributed by atoms with E-state index in [1.54, 1.807) is 23.5 Å². The number of alkyl halides is 3. The number of aromatic nitrogens is 2. The predicted octanol–water partition coefficient (Wildman–Crippen LogP) is 2.38. The molecule has 3 heterocycles. The Labute approximate surface area is 122 Å². The van der Waals surface area contributed by atoms with Crippen molar-refractivity contribution in [1.29, 1.82) is 0 Å². The van der Waals surface area contributed by atoms with Crippen LogP contribution in [0.2, 0.25) is 0 Å². The Hall–Kier alpha value is -0.410. The zero-order valence-corrected chi connectivity index (χ0v) is 12.2. The lowest BCUT2D eigenvalue weighted by molar-refractivity contribution is -0.191. The quantitative estimate of drug-likeness (QED) is 0.901. The van der Waals surface area contributed by atoms with E-state index in [1.165, 1.54) is 0 Å². The molecule has 2 atom stereocenters. The minimum absolute atomic E-state index is 0.0332. The first-order valence-electron chi connectivity index (χ1n) is 6.34. The molecule has 0 amide bonds. The van der Waals surface area contributed by atoms with Crippen LogP contribution in [0.25, 0.3) is 0 Å². The fourth-order valence-electron chi connectivity index (χ4n) is 2.43. The maximum absolute atomic E-state index is 13.4. The topological polar surface area (TPSA) is 51.0 Å². The number of hydrogen-bond donors (Lipinski definition) is 1. The van der Waals surface area contributed by atoms with E-state index in [1.807, 2.05) is 0 Å². The third-order valence-electron chi connectivity index (χ3n) is 3.65. The maximum atomic E-state index is 13.4. The summed E-state index contributed by atoms with van der Waals surface area (Å²) in [7, 11) is 0. The minimum atomic E-state index is -4.38. The van der Waals surface area contributed by atoms with E-state index in [4.69, 9.17) is 4.52 Å². The largest absolute Gasteiger partial charge is 0.404 e. The van der Waals surface area contributed by atoms with Gasteiger partial charge in [0, 0.05) is 23.8 Å². The third-order valence-corrected chi connectivity index (χ3v) is 6.40. The predicted molar refractivity (Wildman–Crippen MR) is 72.0 cm³/mol. The average molecular weight is 325 g/mol. The van der Waals surface area contributed by atoms with Gasteiger partial charge in [-0.05, 0) is 13.0 Å². The second-order valence-electron chi connectivity index (χ2n) is 4.90. The molecule has 2 saturated heterocycles. The molecule has 1 aromatic heterocycles. The van der Waals surface area contributed by atoms with Gasteiger partial charge in [0.2, 0.25) is 5.89 Å². The molecular formula is C11H14F3N3OS2. The summed E-state index contributed by atoms with van der Waals surface area (Å²) in [6.45, 7) is 0.121. The van der Waals surface area contributed by atoms with Crippen LogP contribution in [0, 0.1) is 0 Å². The Kier molecular flexibility index (Phi) is 3.93. The molecule has 0 bridgehead atoms. The Bertz CT molecular complexity index is 468. The lowest BCUT2D eigenvalue weighted by atomic mass is 9.86.